The highest BCUT2D eigenvalue weighted by Crippen LogP contribution is 2.52. The van der Waals surface area contributed by atoms with E-state index in [0.29, 0.717) is 5.92 Å². The minimum atomic E-state index is 0.0340. The van der Waals surface area contributed by atoms with E-state index in [-0.39, 0.29) is 24.1 Å². The number of hydrogen-bond donors (Lipinski definition) is 0. The Morgan fingerprint density at radius 1 is 1.19 bits per heavy atom. The topological polar surface area (TPSA) is 60.2 Å². The van der Waals surface area contributed by atoms with Crippen LogP contribution in [0.1, 0.15) is 77.0 Å². The Balaban J connectivity index is 1.84. The Bertz CT molecular complexity index is 650. The molecule has 0 unspecified atom stereocenters. The van der Waals surface area contributed by atoms with Crippen molar-refractivity contribution in [3.8, 4) is 0 Å². The van der Waals surface area contributed by atoms with E-state index in [1.165, 1.54) is 51.4 Å². The van der Waals surface area contributed by atoms with Crippen molar-refractivity contribution in [2.75, 3.05) is 18.6 Å². The number of carbonyl (C=O) groups excluding carboxylic acids is 1. The van der Waals surface area contributed by atoms with Gasteiger partial charge in [-0.2, -0.15) is 10.1 Å². The average molecular weight is 361 g/mol. The summed E-state index contributed by atoms with van der Waals surface area (Å²) in [4.78, 5) is 19.8. The molecule has 0 saturated heterocycles. The first-order valence-corrected chi connectivity index (χ1v) is 10.5. The Hall–Kier alpha value is -1.43. The van der Waals surface area contributed by atoms with E-state index < -0.39 is 0 Å². The quantitative estimate of drug-likeness (QED) is 0.825. The smallest absolute Gasteiger partial charge is 0.255 e. The van der Waals surface area contributed by atoms with Gasteiger partial charge in [0, 0.05) is 25.5 Å². The van der Waals surface area contributed by atoms with E-state index >= 15 is 0 Å². The van der Waals surface area contributed by atoms with Gasteiger partial charge in [0.05, 0.1) is 5.54 Å². The number of methoxy groups -OCH3 is 1. The number of rotatable bonds is 4. The van der Waals surface area contributed by atoms with Crippen LogP contribution in [-0.2, 0) is 21.5 Å². The number of amides is 1. The number of anilines is 1. The standard InChI is InChI=1S/C20H32N4O2/c1-3-9-17-21-19-23(18(25)14-26-2)16-11-6-5-10-15(16)20(24(19)22-17)12-7-4-8-13-20/h15-16H,3-14H2,1-2H3/t15-,16+/m1/s1. The molecule has 1 spiro atoms. The fraction of sp³-hybridized carbons (Fsp3) is 0.850. The monoisotopic (exact) mass is 360 g/mol. The summed E-state index contributed by atoms with van der Waals surface area (Å²) >= 11 is 0. The van der Waals surface area contributed by atoms with Crippen molar-refractivity contribution >= 4 is 11.9 Å². The summed E-state index contributed by atoms with van der Waals surface area (Å²) in [5.74, 6) is 2.22. The predicted octanol–water partition coefficient (Wildman–Crippen LogP) is 3.44. The summed E-state index contributed by atoms with van der Waals surface area (Å²) in [5.41, 5.74) is 0.0709. The van der Waals surface area contributed by atoms with Crippen molar-refractivity contribution in [2.45, 2.75) is 89.1 Å². The highest BCUT2D eigenvalue weighted by Gasteiger charge is 2.54. The fourth-order valence-electron chi connectivity index (χ4n) is 5.72. The molecule has 0 N–H and O–H groups in total. The lowest BCUT2D eigenvalue weighted by atomic mass is 9.64. The molecule has 3 aliphatic rings. The first kappa shape index (κ1) is 18.0. The van der Waals surface area contributed by atoms with Crippen LogP contribution in [0.2, 0.25) is 0 Å². The molecule has 2 atom stereocenters. The number of aromatic nitrogens is 3. The summed E-state index contributed by atoms with van der Waals surface area (Å²) in [5, 5.41) is 4.97. The van der Waals surface area contributed by atoms with Crippen LogP contribution in [0.25, 0.3) is 0 Å². The minimum absolute atomic E-state index is 0.0340. The van der Waals surface area contributed by atoms with Gasteiger partial charge < -0.3 is 4.74 Å². The first-order chi connectivity index (χ1) is 12.7. The van der Waals surface area contributed by atoms with Crippen molar-refractivity contribution < 1.29 is 9.53 Å². The maximum absolute atomic E-state index is 13.0. The van der Waals surface area contributed by atoms with Crippen molar-refractivity contribution in [1.29, 1.82) is 0 Å². The number of nitrogens with zero attached hydrogens (tertiary/aromatic N) is 4. The molecule has 1 aromatic rings. The summed E-state index contributed by atoms with van der Waals surface area (Å²) < 4.78 is 7.39. The van der Waals surface area contributed by atoms with Gasteiger partial charge in [0.15, 0.2) is 5.82 Å². The molecule has 2 fully saturated rings. The van der Waals surface area contributed by atoms with Gasteiger partial charge in [-0.3, -0.25) is 9.69 Å². The maximum atomic E-state index is 13.0. The molecule has 0 bridgehead atoms. The van der Waals surface area contributed by atoms with Gasteiger partial charge in [0.2, 0.25) is 5.95 Å². The van der Waals surface area contributed by atoms with Gasteiger partial charge in [-0.1, -0.05) is 39.0 Å². The molecule has 1 aliphatic heterocycles. The second-order valence-corrected chi connectivity index (χ2v) is 8.31. The lowest BCUT2D eigenvalue weighted by Gasteiger charge is -2.55. The normalized spacial score (nSPS) is 27.2. The third-order valence-electron chi connectivity index (χ3n) is 6.75. The summed E-state index contributed by atoms with van der Waals surface area (Å²) in [6, 6.07) is 0.260. The number of carbonyl (C=O) groups is 1. The Kier molecular flexibility index (Phi) is 5.04. The van der Waals surface area contributed by atoms with Crippen LogP contribution in [0.3, 0.4) is 0 Å². The van der Waals surface area contributed by atoms with Crippen LogP contribution in [0.15, 0.2) is 0 Å². The molecule has 144 valence electrons. The molecule has 1 aromatic heterocycles. The second kappa shape index (κ2) is 7.29. The molecule has 26 heavy (non-hydrogen) atoms. The number of ether oxygens (including phenoxy) is 1. The van der Waals surface area contributed by atoms with Crippen LogP contribution in [0.4, 0.5) is 5.95 Å². The van der Waals surface area contributed by atoms with Crippen LogP contribution < -0.4 is 4.90 Å². The Morgan fingerprint density at radius 3 is 2.69 bits per heavy atom. The largest absolute Gasteiger partial charge is 0.375 e. The van der Waals surface area contributed by atoms with E-state index in [0.717, 1.165) is 31.0 Å². The SMILES string of the molecule is CCCc1nc2n(n1)C1(CCCCC1)[C@@H]1CCCC[C@@H]1N2C(=O)COC. The van der Waals surface area contributed by atoms with E-state index in [1.54, 1.807) is 7.11 Å². The van der Waals surface area contributed by atoms with Crippen LogP contribution >= 0.6 is 0 Å². The molecular weight excluding hydrogens is 328 g/mol. The van der Waals surface area contributed by atoms with E-state index in [4.69, 9.17) is 14.8 Å². The maximum Gasteiger partial charge on any atom is 0.255 e. The van der Waals surface area contributed by atoms with Gasteiger partial charge >= 0.3 is 0 Å². The zero-order valence-corrected chi connectivity index (χ0v) is 16.2. The van der Waals surface area contributed by atoms with E-state index in [9.17, 15) is 4.79 Å². The molecule has 6 heteroatoms. The van der Waals surface area contributed by atoms with E-state index in [2.05, 4.69) is 11.6 Å². The summed E-state index contributed by atoms with van der Waals surface area (Å²) in [6.07, 6.45) is 12.8. The molecule has 1 amide bonds. The number of aryl methyl sites for hydroxylation is 1. The predicted molar refractivity (Wildman–Crippen MR) is 100 cm³/mol. The number of hydrogen-bond acceptors (Lipinski definition) is 4. The van der Waals surface area contributed by atoms with Crippen molar-refractivity contribution in [2.24, 2.45) is 5.92 Å². The second-order valence-electron chi connectivity index (χ2n) is 8.31. The zero-order chi connectivity index (χ0) is 18.1. The molecule has 4 rings (SSSR count). The van der Waals surface area contributed by atoms with Crippen molar-refractivity contribution in [3.05, 3.63) is 5.82 Å². The Morgan fingerprint density at radius 2 is 1.96 bits per heavy atom. The first-order valence-electron chi connectivity index (χ1n) is 10.5. The molecular formula is C20H32N4O2. The van der Waals surface area contributed by atoms with E-state index in [1.807, 2.05) is 4.90 Å². The van der Waals surface area contributed by atoms with Crippen molar-refractivity contribution in [3.63, 3.8) is 0 Å². The summed E-state index contributed by atoms with van der Waals surface area (Å²) in [7, 11) is 1.59. The molecule has 2 aliphatic carbocycles. The van der Waals surface area contributed by atoms with Gasteiger partial charge in [0.1, 0.15) is 6.61 Å². The highest BCUT2D eigenvalue weighted by atomic mass is 16.5. The van der Waals surface area contributed by atoms with Crippen LogP contribution in [0.5, 0.6) is 0 Å². The molecule has 0 aromatic carbocycles. The zero-order valence-electron chi connectivity index (χ0n) is 16.2. The Labute approximate surface area is 156 Å². The van der Waals surface area contributed by atoms with Gasteiger partial charge in [0.25, 0.3) is 5.91 Å². The molecule has 6 nitrogen and oxygen atoms in total. The molecule has 2 saturated carbocycles. The summed E-state index contributed by atoms with van der Waals surface area (Å²) in [6.45, 7) is 2.27. The van der Waals surface area contributed by atoms with Crippen LogP contribution in [0, 0.1) is 5.92 Å². The van der Waals surface area contributed by atoms with Gasteiger partial charge in [-0.15, -0.1) is 0 Å². The molecule has 2 heterocycles. The lowest BCUT2D eigenvalue weighted by Crippen LogP contribution is -2.62. The minimum Gasteiger partial charge on any atom is -0.375 e. The average Bonchev–Trinajstić information content (AvgIpc) is 3.08. The lowest BCUT2D eigenvalue weighted by molar-refractivity contribution is -0.124. The highest BCUT2D eigenvalue weighted by molar-refractivity contribution is 5.93. The number of fused-ring (bicyclic) bond motifs is 4. The third-order valence-corrected chi connectivity index (χ3v) is 6.75. The molecule has 0 radical (unpaired) electrons. The fourth-order valence-corrected chi connectivity index (χ4v) is 5.72. The van der Waals surface area contributed by atoms with Crippen molar-refractivity contribution in [1.82, 2.24) is 14.8 Å². The third kappa shape index (κ3) is 2.77. The van der Waals surface area contributed by atoms with Gasteiger partial charge in [-0.05, 0) is 32.1 Å². The van der Waals surface area contributed by atoms with Crippen LogP contribution in [-0.4, -0.2) is 40.4 Å². The van der Waals surface area contributed by atoms with Gasteiger partial charge in [-0.25, -0.2) is 4.68 Å².